The fourth-order valence-corrected chi connectivity index (χ4v) is 2.55. The molecule has 24 heavy (non-hydrogen) atoms. The molecule has 1 rings (SSSR count). The van der Waals surface area contributed by atoms with E-state index >= 15 is 0 Å². The van der Waals surface area contributed by atoms with Crippen LogP contribution < -0.4 is 0 Å². The fourth-order valence-electron chi connectivity index (χ4n) is 2.55. The van der Waals surface area contributed by atoms with Gasteiger partial charge in [0.2, 0.25) is 0 Å². The average Bonchev–Trinajstić information content (AvgIpc) is 2.89. The van der Waals surface area contributed by atoms with Crippen molar-refractivity contribution in [2.45, 2.75) is 58.0 Å². The molecule has 0 spiro atoms. The number of ketones is 1. The molecule has 0 saturated carbocycles. The van der Waals surface area contributed by atoms with Crippen molar-refractivity contribution in [1.29, 1.82) is 0 Å². The zero-order valence-corrected chi connectivity index (χ0v) is 14.4. The molecule has 4 heteroatoms. The predicted molar refractivity (Wildman–Crippen MR) is 95.6 cm³/mol. The van der Waals surface area contributed by atoms with Gasteiger partial charge in [0.15, 0.2) is 5.78 Å². The van der Waals surface area contributed by atoms with Gasteiger partial charge in [0.05, 0.1) is 6.10 Å². The Hall–Kier alpha value is -1.94. The fraction of sp³-hybridized carbons (Fsp3) is 0.500. The summed E-state index contributed by atoms with van der Waals surface area (Å²) in [5.74, 6) is -0.688. The second kappa shape index (κ2) is 11.6. The Bertz CT molecular complexity index is 526. The van der Waals surface area contributed by atoms with Crippen LogP contribution in [0.1, 0.15) is 51.9 Å². The monoisotopic (exact) mass is 332 g/mol. The summed E-state index contributed by atoms with van der Waals surface area (Å²) in [5, 5.41) is 18.5. The molecule has 0 heterocycles. The van der Waals surface area contributed by atoms with E-state index in [1.807, 2.05) is 43.4 Å². The van der Waals surface area contributed by atoms with Crippen LogP contribution >= 0.6 is 0 Å². The summed E-state index contributed by atoms with van der Waals surface area (Å²) in [5.41, 5.74) is 0.753. The normalized spacial score (nSPS) is 20.7. The van der Waals surface area contributed by atoms with E-state index in [4.69, 9.17) is 5.11 Å². The van der Waals surface area contributed by atoms with Gasteiger partial charge in [-0.3, -0.25) is 9.59 Å². The topological polar surface area (TPSA) is 74.6 Å². The molecule has 0 fully saturated rings. The first-order valence-electron chi connectivity index (χ1n) is 8.67. The maximum atomic E-state index is 11.9. The summed E-state index contributed by atoms with van der Waals surface area (Å²) in [6.45, 7) is 2.05. The Balaban J connectivity index is 2.43. The van der Waals surface area contributed by atoms with Crippen LogP contribution in [0, 0.1) is 5.92 Å². The van der Waals surface area contributed by atoms with Crippen molar-refractivity contribution in [2.75, 3.05) is 0 Å². The molecule has 0 aliphatic heterocycles. The Labute approximate surface area is 144 Å². The van der Waals surface area contributed by atoms with Crippen LogP contribution in [0.4, 0.5) is 0 Å². The summed E-state index contributed by atoms with van der Waals surface area (Å²) in [6.07, 6.45) is 17.2. The highest BCUT2D eigenvalue weighted by Crippen LogP contribution is 2.26. The van der Waals surface area contributed by atoms with E-state index < -0.39 is 12.1 Å². The minimum atomic E-state index is -0.773. The van der Waals surface area contributed by atoms with Crippen LogP contribution in [0.5, 0.6) is 0 Å². The van der Waals surface area contributed by atoms with Crippen molar-refractivity contribution >= 4 is 11.8 Å². The number of carboxylic acid groups (broad SMARTS) is 1. The van der Waals surface area contributed by atoms with Crippen LogP contribution in [0.3, 0.4) is 0 Å². The smallest absolute Gasteiger partial charge is 0.303 e. The lowest BCUT2D eigenvalue weighted by atomic mass is 9.96. The van der Waals surface area contributed by atoms with Crippen molar-refractivity contribution in [1.82, 2.24) is 0 Å². The van der Waals surface area contributed by atoms with Crippen LogP contribution in [-0.4, -0.2) is 28.1 Å². The highest BCUT2D eigenvalue weighted by Gasteiger charge is 2.21. The Morgan fingerprint density at radius 2 is 2.04 bits per heavy atom. The van der Waals surface area contributed by atoms with Crippen molar-refractivity contribution in [3.63, 3.8) is 0 Å². The van der Waals surface area contributed by atoms with E-state index in [1.54, 1.807) is 6.08 Å². The van der Waals surface area contributed by atoms with E-state index in [9.17, 15) is 14.7 Å². The zero-order chi connectivity index (χ0) is 17.8. The van der Waals surface area contributed by atoms with Gasteiger partial charge < -0.3 is 10.2 Å². The second-order valence-corrected chi connectivity index (χ2v) is 5.99. The minimum Gasteiger partial charge on any atom is -0.481 e. The van der Waals surface area contributed by atoms with Crippen LogP contribution in [0.2, 0.25) is 0 Å². The molecule has 0 radical (unpaired) electrons. The molecule has 0 aromatic heterocycles. The molecule has 2 N–H and O–H groups in total. The predicted octanol–water partition coefficient (Wildman–Crippen LogP) is 3.98. The van der Waals surface area contributed by atoms with Gasteiger partial charge in [0.25, 0.3) is 0 Å². The SMILES string of the molecule is CC/C=C\C[C@H](O)C/C=C1/C(=O)C=C[C@@H]1C/C=C\CCCC(=O)O. The van der Waals surface area contributed by atoms with Crippen molar-refractivity contribution in [3.8, 4) is 0 Å². The Kier molecular flexibility index (Phi) is 9.70. The number of aliphatic carboxylic acids is 1. The molecular formula is C20H28O4. The molecule has 0 aromatic carbocycles. The number of carboxylic acids is 1. The lowest BCUT2D eigenvalue weighted by Gasteiger charge is -2.10. The standard InChI is InChI=1S/C20H28O4/c1-2-3-6-10-17(21)13-14-18-16(12-15-19(18)22)9-7-4-5-8-11-20(23)24/h3-4,6-7,12,14-17,21H,2,5,8-11,13H2,1H3,(H,23,24)/b6-3-,7-4-,18-14+/t16-,17-/m0/s1. The number of hydrogen-bond donors (Lipinski definition) is 2. The number of allylic oxidation sites excluding steroid dienone is 6. The van der Waals surface area contributed by atoms with Gasteiger partial charge >= 0.3 is 5.97 Å². The van der Waals surface area contributed by atoms with E-state index in [0.29, 0.717) is 19.3 Å². The molecular weight excluding hydrogens is 304 g/mol. The van der Waals surface area contributed by atoms with Crippen LogP contribution in [0.25, 0.3) is 0 Å². The zero-order valence-electron chi connectivity index (χ0n) is 14.4. The molecule has 132 valence electrons. The molecule has 0 unspecified atom stereocenters. The van der Waals surface area contributed by atoms with Gasteiger partial charge in [-0.1, -0.05) is 43.4 Å². The lowest BCUT2D eigenvalue weighted by molar-refractivity contribution is -0.137. The first-order valence-corrected chi connectivity index (χ1v) is 8.67. The molecule has 1 aliphatic carbocycles. The van der Waals surface area contributed by atoms with E-state index in [2.05, 4.69) is 0 Å². The number of hydrogen-bond acceptors (Lipinski definition) is 3. The molecule has 1 aliphatic rings. The van der Waals surface area contributed by atoms with Crippen LogP contribution in [0.15, 0.2) is 48.1 Å². The third-order valence-electron chi connectivity index (χ3n) is 3.90. The van der Waals surface area contributed by atoms with Crippen molar-refractivity contribution in [2.24, 2.45) is 5.92 Å². The van der Waals surface area contributed by atoms with E-state index in [-0.39, 0.29) is 18.1 Å². The summed E-state index contributed by atoms with van der Waals surface area (Å²) in [4.78, 5) is 22.4. The Morgan fingerprint density at radius 3 is 2.75 bits per heavy atom. The molecule has 0 aromatic rings. The largest absolute Gasteiger partial charge is 0.481 e. The molecule has 0 saturated heterocycles. The van der Waals surface area contributed by atoms with E-state index in [1.165, 1.54) is 0 Å². The van der Waals surface area contributed by atoms with Crippen molar-refractivity contribution < 1.29 is 19.8 Å². The molecule has 0 amide bonds. The third-order valence-corrected chi connectivity index (χ3v) is 3.90. The van der Waals surface area contributed by atoms with Gasteiger partial charge in [0.1, 0.15) is 0 Å². The first kappa shape index (κ1) is 20.1. The third kappa shape index (κ3) is 8.06. The number of carbonyl (C=O) groups excluding carboxylic acids is 1. The quantitative estimate of drug-likeness (QED) is 0.341. The minimum absolute atomic E-state index is 0.0237. The van der Waals surface area contributed by atoms with Gasteiger partial charge in [0, 0.05) is 17.9 Å². The van der Waals surface area contributed by atoms with Gasteiger partial charge in [-0.15, -0.1) is 0 Å². The maximum Gasteiger partial charge on any atom is 0.303 e. The Morgan fingerprint density at radius 1 is 1.25 bits per heavy atom. The first-order chi connectivity index (χ1) is 11.5. The number of carbonyl (C=O) groups is 2. The number of aliphatic hydroxyl groups excluding tert-OH is 1. The molecule has 2 atom stereocenters. The highest BCUT2D eigenvalue weighted by atomic mass is 16.4. The molecule has 4 nitrogen and oxygen atoms in total. The average molecular weight is 332 g/mol. The number of rotatable bonds is 11. The highest BCUT2D eigenvalue weighted by molar-refractivity contribution is 6.07. The molecule has 0 bridgehead atoms. The summed E-state index contributed by atoms with van der Waals surface area (Å²) >= 11 is 0. The van der Waals surface area contributed by atoms with Crippen LogP contribution in [-0.2, 0) is 9.59 Å². The van der Waals surface area contributed by atoms with E-state index in [0.717, 1.165) is 24.8 Å². The van der Waals surface area contributed by atoms with Gasteiger partial charge in [-0.25, -0.2) is 0 Å². The summed E-state index contributed by atoms with van der Waals surface area (Å²) in [6, 6.07) is 0. The summed E-state index contributed by atoms with van der Waals surface area (Å²) in [7, 11) is 0. The lowest BCUT2D eigenvalue weighted by Crippen LogP contribution is -2.07. The summed E-state index contributed by atoms with van der Waals surface area (Å²) < 4.78 is 0. The number of aliphatic hydroxyl groups is 1. The van der Waals surface area contributed by atoms with Gasteiger partial charge in [-0.2, -0.15) is 0 Å². The van der Waals surface area contributed by atoms with Crippen molar-refractivity contribution in [3.05, 3.63) is 48.1 Å². The number of unbranched alkanes of at least 4 members (excludes halogenated alkanes) is 1. The second-order valence-electron chi connectivity index (χ2n) is 5.99. The van der Waals surface area contributed by atoms with Gasteiger partial charge in [-0.05, 0) is 44.6 Å². The maximum absolute atomic E-state index is 11.9.